The van der Waals surface area contributed by atoms with Crippen molar-refractivity contribution in [1.82, 2.24) is 0 Å². The molecule has 0 aliphatic rings. The lowest BCUT2D eigenvalue weighted by Gasteiger charge is -2.23. The number of pyridine rings is 1. The maximum Gasteiger partial charge on any atom is 0.216 e. The molecule has 2 aromatic heterocycles. The fourth-order valence-corrected chi connectivity index (χ4v) is 5.95. The maximum atomic E-state index is 6.72. The molecule has 0 N–H and O–H groups in total. The zero-order valence-corrected chi connectivity index (χ0v) is 25.6. The number of fused-ring (bicyclic) bond motifs is 3. The molecule has 0 unspecified atom stereocenters. The van der Waals surface area contributed by atoms with Gasteiger partial charge in [0.1, 0.15) is 18.2 Å². The number of aryl methyl sites for hydroxylation is 2. The van der Waals surface area contributed by atoms with E-state index in [0.717, 1.165) is 38.8 Å². The highest BCUT2D eigenvalue weighted by Gasteiger charge is 2.28. The number of hydrogen-bond donors (Lipinski definition) is 0. The van der Waals surface area contributed by atoms with Crippen LogP contribution in [0.2, 0.25) is 0 Å². The lowest BCUT2D eigenvalue weighted by atomic mass is 9.81. The molecular formula is C39H40NO+. The van der Waals surface area contributed by atoms with Crippen LogP contribution in [0.1, 0.15) is 58.2 Å². The molecule has 0 spiro atoms. The van der Waals surface area contributed by atoms with Crippen molar-refractivity contribution in [2.45, 2.75) is 59.3 Å². The predicted octanol–water partition coefficient (Wildman–Crippen LogP) is 10.3. The number of furan rings is 1. The molecule has 0 bridgehead atoms. The second kappa shape index (κ2) is 9.73. The molecule has 0 aliphatic heterocycles. The van der Waals surface area contributed by atoms with E-state index >= 15 is 0 Å². The zero-order chi connectivity index (χ0) is 29.1. The van der Waals surface area contributed by atoms with Crippen LogP contribution < -0.4 is 4.57 Å². The van der Waals surface area contributed by atoms with Crippen LogP contribution in [0.25, 0.3) is 55.4 Å². The van der Waals surface area contributed by atoms with Gasteiger partial charge in [-0.25, -0.2) is 4.57 Å². The van der Waals surface area contributed by atoms with Gasteiger partial charge in [0.15, 0.2) is 6.20 Å². The Balaban J connectivity index is 1.58. The van der Waals surface area contributed by atoms with E-state index in [4.69, 9.17) is 4.42 Å². The van der Waals surface area contributed by atoms with Crippen LogP contribution in [-0.4, -0.2) is 0 Å². The van der Waals surface area contributed by atoms with E-state index < -0.39 is 0 Å². The Morgan fingerprint density at radius 3 is 1.95 bits per heavy atom. The summed E-state index contributed by atoms with van der Waals surface area (Å²) in [5.41, 5.74) is 13.0. The first-order valence-electron chi connectivity index (χ1n) is 14.6. The van der Waals surface area contributed by atoms with Crippen LogP contribution >= 0.6 is 0 Å². The third-order valence-electron chi connectivity index (χ3n) is 8.36. The zero-order valence-electron chi connectivity index (χ0n) is 25.6. The summed E-state index contributed by atoms with van der Waals surface area (Å²) >= 11 is 0. The molecule has 0 saturated carbocycles. The first-order valence-corrected chi connectivity index (χ1v) is 14.6. The van der Waals surface area contributed by atoms with E-state index in [9.17, 15) is 0 Å². The molecule has 0 radical (unpaired) electrons. The topological polar surface area (TPSA) is 17.0 Å². The average Bonchev–Trinajstić information content (AvgIpc) is 3.30. The number of nitrogens with zero attached hydrogens (tertiary/aromatic N) is 1. The largest absolute Gasteiger partial charge is 0.455 e. The van der Waals surface area contributed by atoms with Crippen molar-refractivity contribution >= 4 is 21.9 Å². The minimum absolute atomic E-state index is 0.0113. The average molecular weight is 539 g/mol. The van der Waals surface area contributed by atoms with Crippen molar-refractivity contribution in [1.29, 1.82) is 0 Å². The highest BCUT2D eigenvalue weighted by molar-refractivity contribution is 6.10. The molecule has 2 heteroatoms. The Bertz CT molecular complexity index is 1890. The lowest BCUT2D eigenvalue weighted by molar-refractivity contribution is -0.660. The molecular weight excluding hydrogens is 498 g/mol. The van der Waals surface area contributed by atoms with Gasteiger partial charge in [0, 0.05) is 22.4 Å². The predicted molar refractivity (Wildman–Crippen MR) is 173 cm³/mol. The van der Waals surface area contributed by atoms with Crippen molar-refractivity contribution in [2.24, 2.45) is 7.05 Å². The second-order valence-corrected chi connectivity index (χ2v) is 13.5. The Morgan fingerprint density at radius 1 is 0.634 bits per heavy atom. The Labute approximate surface area is 244 Å². The van der Waals surface area contributed by atoms with Gasteiger partial charge in [-0.1, -0.05) is 114 Å². The quantitative estimate of drug-likeness (QED) is 0.205. The summed E-state index contributed by atoms with van der Waals surface area (Å²) < 4.78 is 8.99. The van der Waals surface area contributed by atoms with Gasteiger partial charge < -0.3 is 4.42 Å². The summed E-state index contributed by atoms with van der Waals surface area (Å²) in [6.45, 7) is 15.9. The van der Waals surface area contributed by atoms with Crippen LogP contribution in [0.4, 0.5) is 0 Å². The van der Waals surface area contributed by atoms with E-state index in [-0.39, 0.29) is 10.8 Å². The molecule has 0 saturated heterocycles. The molecule has 41 heavy (non-hydrogen) atoms. The van der Waals surface area contributed by atoms with Crippen molar-refractivity contribution < 1.29 is 8.98 Å². The first-order chi connectivity index (χ1) is 19.4. The Kier molecular flexibility index (Phi) is 6.41. The molecule has 6 aromatic rings. The maximum absolute atomic E-state index is 6.72. The minimum Gasteiger partial charge on any atom is -0.455 e. The summed E-state index contributed by atoms with van der Waals surface area (Å²) in [6.07, 6.45) is 2.32. The van der Waals surface area contributed by atoms with Gasteiger partial charge in [-0.15, -0.1) is 0 Å². The van der Waals surface area contributed by atoms with Crippen LogP contribution in [0.5, 0.6) is 0 Å². The lowest BCUT2D eigenvalue weighted by Crippen LogP contribution is -2.34. The van der Waals surface area contributed by atoms with Gasteiger partial charge in [0.2, 0.25) is 5.69 Å². The number of aromatic nitrogens is 1. The van der Waals surface area contributed by atoms with Gasteiger partial charge in [-0.05, 0) is 63.3 Å². The van der Waals surface area contributed by atoms with Crippen LogP contribution in [0.15, 0.2) is 102 Å². The van der Waals surface area contributed by atoms with Gasteiger partial charge in [0.25, 0.3) is 0 Å². The normalized spacial score (nSPS) is 12.4. The van der Waals surface area contributed by atoms with Crippen molar-refractivity contribution in [3.8, 4) is 33.5 Å². The molecule has 4 aromatic carbocycles. The number of rotatable bonds is 3. The first kappa shape index (κ1) is 27.0. The van der Waals surface area contributed by atoms with Gasteiger partial charge >= 0.3 is 0 Å². The fourth-order valence-electron chi connectivity index (χ4n) is 5.95. The van der Waals surface area contributed by atoms with E-state index in [0.29, 0.717) is 0 Å². The molecule has 2 nitrogen and oxygen atoms in total. The van der Waals surface area contributed by atoms with Crippen LogP contribution in [0.3, 0.4) is 0 Å². The van der Waals surface area contributed by atoms with E-state index in [1.54, 1.807) is 0 Å². The SMILES string of the molecule is Cc1ccc2c(oc3cc(-c4ccccc4)ccc32)c1-c1cc(-c2ccc(C(C)(C)C)cc2)c(C(C)(C)C)c[n+]1C. The van der Waals surface area contributed by atoms with Crippen LogP contribution in [-0.2, 0) is 17.9 Å². The molecule has 206 valence electrons. The van der Waals surface area contributed by atoms with E-state index in [2.05, 4.69) is 157 Å². The van der Waals surface area contributed by atoms with Crippen molar-refractivity contribution in [3.05, 3.63) is 114 Å². The third kappa shape index (κ3) is 4.86. The Hall–Kier alpha value is -4.17. The smallest absolute Gasteiger partial charge is 0.216 e. The fraction of sp³-hybridized carbons (Fsp3) is 0.256. The minimum atomic E-state index is -0.0113. The molecule has 0 amide bonds. The highest BCUT2D eigenvalue weighted by Crippen LogP contribution is 2.41. The van der Waals surface area contributed by atoms with E-state index in [1.165, 1.54) is 33.4 Å². The van der Waals surface area contributed by atoms with Crippen molar-refractivity contribution in [3.63, 3.8) is 0 Å². The molecule has 0 aliphatic carbocycles. The third-order valence-corrected chi connectivity index (χ3v) is 8.36. The van der Waals surface area contributed by atoms with Crippen LogP contribution in [0, 0.1) is 6.92 Å². The standard InChI is InChI=1S/C39H40NO/c1-25-14-20-31-30-21-17-28(26-12-10-9-11-13-26)22-35(30)41-37(31)36(25)34-23-32(33(24-40(34)8)39(5,6)7)27-15-18-29(19-16-27)38(2,3)4/h9-24H,1-8H3/q+1. The summed E-state index contributed by atoms with van der Waals surface area (Å²) in [7, 11) is 2.16. The summed E-state index contributed by atoms with van der Waals surface area (Å²) in [4.78, 5) is 0. The summed E-state index contributed by atoms with van der Waals surface area (Å²) in [5.74, 6) is 0. The van der Waals surface area contributed by atoms with Gasteiger partial charge in [-0.3, -0.25) is 0 Å². The highest BCUT2D eigenvalue weighted by atomic mass is 16.3. The number of benzene rings is 4. The number of hydrogen-bond acceptors (Lipinski definition) is 1. The van der Waals surface area contributed by atoms with Gasteiger partial charge in [-0.2, -0.15) is 0 Å². The Morgan fingerprint density at radius 2 is 1.29 bits per heavy atom. The molecule has 6 rings (SSSR count). The summed E-state index contributed by atoms with van der Waals surface area (Å²) in [5, 5.41) is 2.30. The summed E-state index contributed by atoms with van der Waals surface area (Å²) in [6, 6.07) is 33.0. The monoisotopic (exact) mass is 538 g/mol. The molecule has 0 fully saturated rings. The van der Waals surface area contributed by atoms with E-state index in [1.807, 2.05) is 0 Å². The molecule has 0 atom stereocenters. The van der Waals surface area contributed by atoms with Gasteiger partial charge in [0.05, 0.1) is 5.56 Å². The van der Waals surface area contributed by atoms with Crippen molar-refractivity contribution in [2.75, 3.05) is 0 Å². The molecule has 2 heterocycles. The second-order valence-electron chi connectivity index (χ2n) is 13.5.